The van der Waals surface area contributed by atoms with Crippen molar-refractivity contribution in [2.75, 3.05) is 6.54 Å². The zero-order chi connectivity index (χ0) is 13.9. The number of nitro groups is 1. The number of benzene rings is 1. The van der Waals surface area contributed by atoms with Gasteiger partial charge in [0, 0.05) is 12.1 Å². The highest BCUT2D eigenvalue weighted by molar-refractivity contribution is 7.89. The van der Waals surface area contributed by atoms with Gasteiger partial charge in [-0.3, -0.25) is 10.1 Å². The van der Waals surface area contributed by atoms with Crippen molar-refractivity contribution in [1.29, 1.82) is 5.26 Å². The Morgan fingerprint density at radius 3 is 2.56 bits per heavy atom. The van der Waals surface area contributed by atoms with Crippen LogP contribution in [0.2, 0.25) is 0 Å². The Kier molecular flexibility index (Phi) is 4.00. The number of hydrogen-bond donors (Lipinski definition) is 1. The molecule has 0 aliphatic heterocycles. The highest BCUT2D eigenvalue weighted by Gasteiger charge is 2.21. The molecule has 0 bridgehead atoms. The summed E-state index contributed by atoms with van der Waals surface area (Å²) in [5, 5.41) is 19.1. The molecular formula is C10H11N3O4S. The minimum atomic E-state index is -3.91. The molecule has 0 saturated heterocycles. The number of nitriles is 1. The van der Waals surface area contributed by atoms with E-state index in [1.807, 2.05) is 4.72 Å². The van der Waals surface area contributed by atoms with Gasteiger partial charge >= 0.3 is 0 Å². The molecule has 0 aromatic heterocycles. The summed E-state index contributed by atoms with van der Waals surface area (Å²) in [4.78, 5) is 9.86. The third-order valence-electron chi connectivity index (χ3n) is 2.45. The summed E-state index contributed by atoms with van der Waals surface area (Å²) in [7, 11) is -3.91. The van der Waals surface area contributed by atoms with Crippen LogP contribution >= 0.6 is 0 Å². The van der Waals surface area contributed by atoms with E-state index in [4.69, 9.17) is 5.26 Å². The van der Waals surface area contributed by atoms with Crippen molar-refractivity contribution in [3.63, 3.8) is 0 Å². The number of sulfonamides is 1. The smallest absolute Gasteiger partial charge is 0.258 e. The van der Waals surface area contributed by atoms with Crippen LogP contribution in [0.5, 0.6) is 0 Å². The molecule has 0 spiro atoms. The van der Waals surface area contributed by atoms with E-state index in [9.17, 15) is 18.5 Å². The fraction of sp³-hybridized carbons (Fsp3) is 0.300. The molecule has 7 nitrogen and oxygen atoms in total. The van der Waals surface area contributed by atoms with Gasteiger partial charge in [-0.25, -0.2) is 8.42 Å². The van der Waals surface area contributed by atoms with Gasteiger partial charge in [-0.15, -0.1) is 0 Å². The maximum atomic E-state index is 11.9. The second kappa shape index (κ2) is 5.12. The normalized spacial score (nSPS) is 10.9. The van der Waals surface area contributed by atoms with E-state index in [1.54, 1.807) is 19.9 Å². The van der Waals surface area contributed by atoms with Gasteiger partial charge in [0.25, 0.3) is 5.69 Å². The minimum Gasteiger partial charge on any atom is -0.258 e. The number of rotatable bonds is 4. The summed E-state index contributed by atoms with van der Waals surface area (Å²) in [6, 6.07) is 3.93. The quantitative estimate of drug-likeness (QED) is 0.498. The molecule has 18 heavy (non-hydrogen) atoms. The number of nitrogens with zero attached hydrogens (tertiary/aromatic N) is 2. The van der Waals surface area contributed by atoms with Crippen LogP contribution in [0.15, 0.2) is 17.0 Å². The Bertz CT molecular complexity index is 631. The Hall–Kier alpha value is -1.98. The second-order valence-electron chi connectivity index (χ2n) is 3.63. The maximum absolute atomic E-state index is 11.9. The predicted octanol–water partition coefficient (Wildman–Crippen LogP) is 1.01. The van der Waals surface area contributed by atoms with Gasteiger partial charge in [0.05, 0.1) is 22.4 Å². The van der Waals surface area contributed by atoms with Crippen molar-refractivity contribution in [3.8, 4) is 6.07 Å². The van der Waals surface area contributed by atoms with Gasteiger partial charge in [-0.1, -0.05) is 0 Å². The van der Waals surface area contributed by atoms with Gasteiger partial charge in [0.15, 0.2) is 0 Å². The largest absolute Gasteiger partial charge is 0.271 e. The average Bonchev–Trinajstić information content (AvgIpc) is 2.29. The lowest BCUT2D eigenvalue weighted by Gasteiger charge is -2.09. The van der Waals surface area contributed by atoms with Crippen LogP contribution in [0.25, 0.3) is 0 Å². The highest BCUT2D eigenvalue weighted by Crippen LogP contribution is 2.25. The molecule has 0 atom stereocenters. The van der Waals surface area contributed by atoms with Crippen LogP contribution in [0, 0.1) is 35.3 Å². The average molecular weight is 269 g/mol. The van der Waals surface area contributed by atoms with E-state index in [2.05, 4.69) is 0 Å². The Morgan fingerprint density at radius 2 is 2.06 bits per heavy atom. The van der Waals surface area contributed by atoms with E-state index < -0.39 is 14.9 Å². The molecule has 96 valence electrons. The topological polar surface area (TPSA) is 113 Å². The second-order valence-corrected chi connectivity index (χ2v) is 5.36. The van der Waals surface area contributed by atoms with Crippen LogP contribution in [0.1, 0.15) is 11.1 Å². The summed E-state index contributed by atoms with van der Waals surface area (Å²) >= 11 is 0. The number of hydrogen-bond acceptors (Lipinski definition) is 5. The lowest BCUT2D eigenvalue weighted by atomic mass is 10.1. The van der Waals surface area contributed by atoms with Crippen molar-refractivity contribution in [3.05, 3.63) is 33.4 Å². The molecule has 0 unspecified atom stereocenters. The van der Waals surface area contributed by atoms with E-state index in [-0.39, 0.29) is 17.1 Å². The number of non-ortho nitro benzene ring substituents is 1. The van der Waals surface area contributed by atoms with Crippen molar-refractivity contribution < 1.29 is 13.3 Å². The summed E-state index contributed by atoms with van der Waals surface area (Å²) in [5.41, 5.74) is 0.628. The van der Waals surface area contributed by atoms with Crippen molar-refractivity contribution in [2.24, 2.45) is 0 Å². The van der Waals surface area contributed by atoms with Gasteiger partial charge in [0.2, 0.25) is 10.0 Å². The standard InChI is InChI=1S/C10H11N3O4S/c1-7-5-9(13(14)15)6-10(8(7)2)18(16,17)12-4-3-11/h5-6,12H,4H2,1-2H3. The molecule has 0 heterocycles. The molecule has 0 aliphatic rings. The molecule has 0 radical (unpaired) electrons. The fourth-order valence-corrected chi connectivity index (χ4v) is 2.65. The van der Waals surface area contributed by atoms with Crippen molar-refractivity contribution in [2.45, 2.75) is 18.7 Å². The van der Waals surface area contributed by atoms with E-state index in [1.165, 1.54) is 6.07 Å². The molecule has 0 amide bonds. The molecule has 1 N–H and O–H groups in total. The van der Waals surface area contributed by atoms with Crippen LogP contribution in [-0.4, -0.2) is 19.9 Å². The van der Waals surface area contributed by atoms with Gasteiger partial charge in [-0.2, -0.15) is 9.98 Å². The molecule has 0 saturated carbocycles. The Morgan fingerprint density at radius 1 is 1.44 bits per heavy atom. The number of nitro benzene ring substituents is 1. The van der Waals surface area contributed by atoms with Crippen molar-refractivity contribution >= 4 is 15.7 Å². The lowest BCUT2D eigenvalue weighted by molar-refractivity contribution is -0.385. The Balaban J connectivity index is 3.41. The molecule has 0 aliphatic carbocycles. The van der Waals surface area contributed by atoms with E-state index >= 15 is 0 Å². The molecule has 1 aromatic carbocycles. The third-order valence-corrected chi connectivity index (χ3v) is 3.97. The summed E-state index contributed by atoms with van der Waals surface area (Å²) < 4.78 is 25.8. The first-order valence-electron chi connectivity index (χ1n) is 4.92. The first-order chi connectivity index (χ1) is 8.29. The van der Waals surface area contributed by atoms with Crippen LogP contribution in [0.4, 0.5) is 5.69 Å². The minimum absolute atomic E-state index is 0.176. The molecule has 0 fully saturated rings. The molecule has 1 rings (SSSR count). The van der Waals surface area contributed by atoms with Crippen molar-refractivity contribution in [1.82, 2.24) is 4.72 Å². The molecule has 8 heteroatoms. The maximum Gasteiger partial charge on any atom is 0.271 e. The first kappa shape index (κ1) is 14.1. The molecule has 1 aromatic rings. The predicted molar refractivity (Wildman–Crippen MR) is 63.4 cm³/mol. The van der Waals surface area contributed by atoms with Crippen LogP contribution in [0.3, 0.4) is 0 Å². The fourth-order valence-electron chi connectivity index (χ4n) is 1.40. The van der Waals surface area contributed by atoms with Gasteiger partial charge in [-0.05, 0) is 25.0 Å². The monoisotopic (exact) mass is 269 g/mol. The number of nitrogens with one attached hydrogen (secondary N) is 1. The van der Waals surface area contributed by atoms with E-state index in [0.29, 0.717) is 11.1 Å². The highest BCUT2D eigenvalue weighted by atomic mass is 32.2. The van der Waals surface area contributed by atoms with Gasteiger partial charge < -0.3 is 0 Å². The Labute approximate surface area is 104 Å². The lowest BCUT2D eigenvalue weighted by Crippen LogP contribution is -2.25. The van der Waals surface area contributed by atoms with E-state index in [0.717, 1.165) is 6.07 Å². The SMILES string of the molecule is Cc1cc([N+](=O)[O-])cc(S(=O)(=O)NCC#N)c1C. The summed E-state index contributed by atoms with van der Waals surface area (Å²) in [6.45, 7) is 2.76. The zero-order valence-corrected chi connectivity index (χ0v) is 10.6. The molecular weight excluding hydrogens is 258 g/mol. The van der Waals surface area contributed by atoms with Crippen LogP contribution < -0.4 is 4.72 Å². The zero-order valence-electron chi connectivity index (χ0n) is 9.80. The first-order valence-corrected chi connectivity index (χ1v) is 6.40. The summed E-state index contributed by atoms with van der Waals surface area (Å²) in [6.07, 6.45) is 0. The van der Waals surface area contributed by atoms with Crippen LogP contribution in [-0.2, 0) is 10.0 Å². The third kappa shape index (κ3) is 2.82. The summed E-state index contributed by atoms with van der Waals surface area (Å²) in [5.74, 6) is 0. The number of aryl methyl sites for hydroxylation is 1. The van der Waals surface area contributed by atoms with Gasteiger partial charge in [0.1, 0.15) is 0 Å².